The lowest BCUT2D eigenvalue weighted by Crippen LogP contribution is -2.24. The average molecular weight is 200 g/mol. The molecule has 5 aliphatic carbocycles. The van der Waals surface area contributed by atoms with E-state index in [9.17, 15) is 0 Å². The highest BCUT2D eigenvalue weighted by atomic mass is 14.7. The van der Waals surface area contributed by atoms with Crippen LogP contribution in [0.25, 0.3) is 0 Å². The first-order chi connectivity index (χ1) is 7.45. The van der Waals surface area contributed by atoms with Crippen LogP contribution in [0.3, 0.4) is 0 Å². The molecule has 4 fully saturated rings. The molecule has 0 aromatic carbocycles. The maximum atomic E-state index is 2.58. The Bertz CT molecular complexity index is 330. The summed E-state index contributed by atoms with van der Waals surface area (Å²) in [5, 5.41) is 0. The SMILES string of the molecule is C1=CC2CC1C1C3CCCCC4C3C4C21. The fourth-order valence-electron chi connectivity index (χ4n) is 6.40. The van der Waals surface area contributed by atoms with Crippen molar-refractivity contribution in [3.63, 3.8) is 0 Å². The van der Waals surface area contributed by atoms with Crippen molar-refractivity contribution in [3.8, 4) is 0 Å². The zero-order valence-corrected chi connectivity index (χ0v) is 9.31. The highest BCUT2D eigenvalue weighted by Gasteiger charge is 2.70. The summed E-state index contributed by atoms with van der Waals surface area (Å²) >= 11 is 0. The molecule has 0 aliphatic heterocycles. The van der Waals surface area contributed by atoms with E-state index in [2.05, 4.69) is 12.2 Å². The smallest absolute Gasteiger partial charge is 0.0194 e. The van der Waals surface area contributed by atoms with Gasteiger partial charge in [-0.15, -0.1) is 0 Å². The monoisotopic (exact) mass is 200 g/mol. The highest BCUT2D eigenvalue weighted by Crippen LogP contribution is 2.76. The van der Waals surface area contributed by atoms with E-state index in [-0.39, 0.29) is 0 Å². The van der Waals surface area contributed by atoms with Crippen LogP contribution in [-0.4, -0.2) is 0 Å². The summed E-state index contributed by atoms with van der Waals surface area (Å²) in [7, 11) is 0. The summed E-state index contributed by atoms with van der Waals surface area (Å²) in [6.07, 6.45) is 13.0. The molecule has 8 unspecified atom stereocenters. The maximum absolute atomic E-state index is 2.58. The van der Waals surface area contributed by atoms with Crippen LogP contribution in [0, 0.1) is 47.3 Å². The Balaban J connectivity index is 1.60. The van der Waals surface area contributed by atoms with Gasteiger partial charge in [-0.25, -0.2) is 0 Å². The molecule has 2 bridgehead atoms. The van der Waals surface area contributed by atoms with Crippen LogP contribution in [0.5, 0.6) is 0 Å². The Kier molecular flexibility index (Phi) is 1.25. The zero-order valence-electron chi connectivity index (χ0n) is 9.31. The molecule has 5 rings (SSSR count). The van der Waals surface area contributed by atoms with E-state index in [1.54, 1.807) is 32.1 Å². The molecule has 0 nitrogen and oxygen atoms in total. The standard InChI is InChI=1S/C15H20/c1-2-4-11-14-10(3-1)12-8-5-6-9(7-8)13(12)15(11)14/h5-6,8-15H,1-4,7H2. The fraction of sp³-hybridized carbons (Fsp3) is 0.867. The van der Waals surface area contributed by atoms with Crippen molar-refractivity contribution in [2.24, 2.45) is 47.3 Å². The molecule has 15 heavy (non-hydrogen) atoms. The van der Waals surface area contributed by atoms with Gasteiger partial charge in [-0.2, -0.15) is 0 Å². The van der Waals surface area contributed by atoms with Gasteiger partial charge in [0, 0.05) is 0 Å². The molecule has 0 heteroatoms. The highest BCUT2D eigenvalue weighted by molar-refractivity contribution is 5.25. The van der Waals surface area contributed by atoms with E-state index in [1.165, 1.54) is 23.7 Å². The molecular formula is C15H20. The summed E-state index contributed by atoms with van der Waals surface area (Å²) in [5.41, 5.74) is 0. The quantitative estimate of drug-likeness (QED) is 0.525. The molecule has 80 valence electrons. The number of allylic oxidation sites excluding steroid dienone is 2. The van der Waals surface area contributed by atoms with Gasteiger partial charge in [0.1, 0.15) is 0 Å². The molecule has 4 saturated carbocycles. The average Bonchev–Trinajstić information content (AvgIpc) is 2.62. The number of fused-ring (bicyclic) bond motifs is 8. The van der Waals surface area contributed by atoms with Crippen LogP contribution >= 0.6 is 0 Å². The van der Waals surface area contributed by atoms with Gasteiger partial charge in [0.05, 0.1) is 0 Å². The molecule has 0 amide bonds. The Morgan fingerprint density at radius 3 is 2.13 bits per heavy atom. The van der Waals surface area contributed by atoms with Gasteiger partial charge in [0.2, 0.25) is 0 Å². The van der Waals surface area contributed by atoms with Crippen molar-refractivity contribution >= 4 is 0 Å². The van der Waals surface area contributed by atoms with Crippen LogP contribution in [0.1, 0.15) is 32.1 Å². The number of hydrogen-bond acceptors (Lipinski definition) is 0. The van der Waals surface area contributed by atoms with Crippen molar-refractivity contribution < 1.29 is 0 Å². The van der Waals surface area contributed by atoms with Crippen LogP contribution in [-0.2, 0) is 0 Å². The lowest BCUT2D eigenvalue weighted by molar-refractivity contribution is 0.215. The van der Waals surface area contributed by atoms with Crippen molar-refractivity contribution in [1.29, 1.82) is 0 Å². The second-order valence-electron chi connectivity index (χ2n) is 6.87. The third-order valence-electron chi connectivity index (χ3n) is 6.63. The van der Waals surface area contributed by atoms with Gasteiger partial charge in [-0.05, 0) is 66.6 Å². The van der Waals surface area contributed by atoms with Crippen LogP contribution in [0.4, 0.5) is 0 Å². The van der Waals surface area contributed by atoms with E-state index in [0.717, 1.165) is 23.7 Å². The van der Waals surface area contributed by atoms with Crippen LogP contribution in [0.15, 0.2) is 12.2 Å². The first-order valence-corrected chi connectivity index (χ1v) is 7.13. The molecule has 0 aromatic heterocycles. The minimum Gasteiger partial charge on any atom is -0.0848 e. The summed E-state index contributed by atoms with van der Waals surface area (Å²) in [5.74, 6) is 9.17. The van der Waals surface area contributed by atoms with Gasteiger partial charge in [-0.3, -0.25) is 0 Å². The molecule has 0 spiro atoms. The van der Waals surface area contributed by atoms with Crippen LogP contribution in [0.2, 0.25) is 0 Å². The van der Waals surface area contributed by atoms with Gasteiger partial charge in [0.15, 0.2) is 0 Å². The molecule has 8 atom stereocenters. The Hall–Kier alpha value is -0.260. The largest absolute Gasteiger partial charge is 0.0848 e. The maximum Gasteiger partial charge on any atom is -0.0194 e. The lowest BCUT2D eigenvalue weighted by atomic mass is 9.75. The van der Waals surface area contributed by atoms with E-state index >= 15 is 0 Å². The minimum atomic E-state index is 1.02. The summed E-state index contributed by atoms with van der Waals surface area (Å²) < 4.78 is 0. The third-order valence-corrected chi connectivity index (χ3v) is 6.63. The van der Waals surface area contributed by atoms with Gasteiger partial charge < -0.3 is 0 Å². The Morgan fingerprint density at radius 2 is 1.33 bits per heavy atom. The number of hydrogen-bond donors (Lipinski definition) is 0. The topological polar surface area (TPSA) is 0 Å². The summed E-state index contributed by atoms with van der Waals surface area (Å²) in [6.45, 7) is 0. The van der Waals surface area contributed by atoms with Gasteiger partial charge >= 0.3 is 0 Å². The molecule has 0 N–H and O–H groups in total. The molecular weight excluding hydrogens is 180 g/mol. The van der Waals surface area contributed by atoms with E-state index in [0.29, 0.717) is 0 Å². The van der Waals surface area contributed by atoms with E-state index in [1.807, 2.05) is 0 Å². The first kappa shape index (κ1) is 7.92. The molecule has 0 aromatic rings. The first-order valence-electron chi connectivity index (χ1n) is 7.13. The predicted molar refractivity (Wildman–Crippen MR) is 60.1 cm³/mol. The fourth-order valence-corrected chi connectivity index (χ4v) is 6.40. The second-order valence-corrected chi connectivity index (χ2v) is 6.87. The number of rotatable bonds is 0. The van der Waals surface area contributed by atoms with Gasteiger partial charge in [-0.1, -0.05) is 25.0 Å². The van der Waals surface area contributed by atoms with Crippen molar-refractivity contribution in [3.05, 3.63) is 12.2 Å². The van der Waals surface area contributed by atoms with Crippen molar-refractivity contribution in [1.82, 2.24) is 0 Å². The van der Waals surface area contributed by atoms with Crippen molar-refractivity contribution in [2.75, 3.05) is 0 Å². The molecule has 0 radical (unpaired) electrons. The van der Waals surface area contributed by atoms with Crippen LogP contribution < -0.4 is 0 Å². The predicted octanol–water partition coefficient (Wildman–Crippen LogP) is 3.49. The minimum absolute atomic E-state index is 1.02. The second kappa shape index (κ2) is 2.36. The Labute approximate surface area is 92.1 Å². The molecule has 0 saturated heterocycles. The summed E-state index contributed by atoms with van der Waals surface area (Å²) in [6, 6.07) is 0. The van der Waals surface area contributed by atoms with Crippen molar-refractivity contribution in [2.45, 2.75) is 32.1 Å². The third kappa shape index (κ3) is 0.765. The van der Waals surface area contributed by atoms with E-state index < -0.39 is 0 Å². The zero-order chi connectivity index (χ0) is 9.57. The van der Waals surface area contributed by atoms with E-state index in [4.69, 9.17) is 0 Å². The lowest BCUT2D eigenvalue weighted by Gasteiger charge is -2.30. The summed E-state index contributed by atoms with van der Waals surface area (Å²) in [4.78, 5) is 0. The Morgan fingerprint density at radius 1 is 0.667 bits per heavy atom. The molecule has 0 heterocycles. The molecule has 5 aliphatic rings. The van der Waals surface area contributed by atoms with Gasteiger partial charge in [0.25, 0.3) is 0 Å². The normalized spacial score (nSPS) is 67.7.